The van der Waals surface area contributed by atoms with Gasteiger partial charge in [-0.2, -0.15) is 0 Å². The maximum Gasteiger partial charge on any atom is 0.131 e. The number of methoxy groups -OCH3 is 1. The molecule has 0 radical (unpaired) electrons. The highest BCUT2D eigenvalue weighted by Crippen LogP contribution is 2.01. The topological polar surface area (TPSA) is 61.0 Å². The van der Waals surface area contributed by atoms with E-state index in [0.717, 1.165) is 24.4 Å². The molecule has 4 nitrogen and oxygen atoms in total. The van der Waals surface area contributed by atoms with Crippen LogP contribution in [0.2, 0.25) is 0 Å². The van der Waals surface area contributed by atoms with Crippen LogP contribution in [0.5, 0.6) is 0 Å². The maximum atomic E-state index is 5.45. The molecule has 0 aliphatic heterocycles. The minimum atomic E-state index is 0.156. The zero-order chi connectivity index (χ0) is 10.4. The average Bonchev–Trinajstić information content (AvgIpc) is 2.19. The molecular formula is C10H17N3O. The number of hydrogen-bond donors (Lipinski definition) is 1. The molecule has 0 saturated heterocycles. The van der Waals surface area contributed by atoms with Crippen LogP contribution in [-0.2, 0) is 17.6 Å². The summed E-state index contributed by atoms with van der Waals surface area (Å²) in [6, 6.07) is 1.90. The van der Waals surface area contributed by atoms with Gasteiger partial charge >= 0.3 is 0 Å². The van der Waals surface area contributed by atoms with Crippen LogP contribution in [0.25, 0.3) is 0 Å². The fourth-order valence-electron chi connectivity index (χ4n) is 1.17. The van der Waals surface area contributed by atoms with Crippen molar-refractivity contribution in [1.82, 2.24) is 9.97 Å². The van der Waals surface area contributed by atoms with Crippen molar-refractivity contribution in [2.75, 3.05) is 13.7 Å². The Kier molecular flexibility index (Phi) is 4.49. The highest BCUT2D eigenvalue weighted by atomic mass is 16.5. The number of ether oxygens (including phenoxy) is 1. The average molecular weight is 195 g/mol. The molecule has 1 aromatic heterocycles. The summed E-state index contributed by atoms with van der Waals surface area (Å²) in [7, 11) is 1.69. The molecule has 0 aliphatic carbocycles. The van der Waals surface area contributed by atoms with Crippen molar-refractivity contribution in [3.63, 3.8) is 0 Å². The van der Waals surface area contributed by atoms with Crippen molar-refractivity contribution < 1.29 is 4.74 Å². The lowest BCUT2D eigenvalue weighted by atomic mass is 10.2. The van der Waals surface area contributed by atoms with Gasteiger partial charge in [0.25, 0.3) is 0 Å². The van der Waals surface area contributed by atoms with Crippen LogP contribution in [0.3, 0.4) is 0 Å². The van der Waals surface area contributed by atoms with Gasteiger partial charge in [-0.3, -0.25) is 0 Å². The summed E-state index contributed by atoms with van der Waals surface area (Å²) < 4.78 is 5.15. The second-order valence-corrected chi connectivity index (χ2v) is 3.25. The van der Waals surface area contributed by atoms with Gasteiger partial charge in [0.15, 0.2) is 0 Å². The van der Waals surface area contributed by atoms with Crippen LogP contribution >= 0.6 is 0 Å². The highest BCUT2D eigenvalue weighted by Gasteiger charge is 2.04. The predicted octanol–water partition coefficient (Wildman–Crippen LogP) is 0.555. The van der Waals surface area contributed by atoms with Crippen molar-refractivity contribution in [3.05, 3.63) is 23.8 Å². The normalized spacial score (nSPS) is 12.8. The minimum absolute atomic E-state index is 0.156. The van der Waals surface area contributed by atoms with Gasteiger partial charge in [0.1, 0.15) is 5.82 Å². The third-order valence-electron chi connectivity index (χ3n) is 2.04. The van der Waals surface area contributed by atoms with E-state index in [9.17, 15) is 0 Å². The molecule has 1 rings (SSSR count). The predicted molar refractivity (Wildman–Crippen MR) is 55.0 cm³/mol. The van der Waals surface area contributed by atoms with E-state index < -0.39 is 0 Å². The lowest BCUT2D eigenvalue weighted by Gasteiger charge is -2.08. The van der Waals surface area contributed by atoms with Crippen molar-refractivity contribution >= 4 is 0 Å². The Morgan fingerprint density at radius 2 is 2.36 bits per heavy atom. The maximum absolute atomic E-state index is 5.45. The number of aromatic nitrogens is 2. The van der Waals surface area contributed by atoms with Gasteiger partial charge in [-0.05, 0) is 19.5 Å². The summed E-state index contributed by atoms with van der Waals surface area (Å²) in [5.74, 6) is 0.824. The van der Waals surface area contributed by atoms with Crippen LogP contribution in [0.4, 0.5) is 0 Å². The van der Waals surface area contributed by atoms with E-state index in [1.807, 2.05) is 13.0 Å². The fourth-order valence-corrected chi connectivity index (χ4v) is 1.17. The first-order valence-electron chi connectivity index (χ1n) is 4.80. The van der Waals surface area contributed by atoms with Crippen molar-refractivity contribution in [2.45, 2.75) is 25.9 Å². The Bertz CT molecular complexity index is 278. The molecule has 4 heteroatoms. The van der Waals surface area contributed by atoms with Gasteiger partial charge < -0.3 is 10.5 Å². The van der Waals surface area contributed by atoms with Gasteiger partial charge in [-0.25, -0.2) is 9.97 Å². The smallest absolute Gasteiger partial charge is 0.131 e. The molecule has 0 saturated carbocycles. The first-order valence-corrected chi connectivity index (χ1v) is 4.80. The molecule has 1 unspecified atom stereocenters. The molecule has 0 aromatic carbocycles. The van der Waals surface area contributed by atoms with Crippen LogP contribution in [0.1, 0.15) is 18.4 Å². The van der Waals surface area contributed by atoms with E-state index in [1.54, 1.807) is 13.3 Å². The molecule has 0 amide bonds. The lowest BCUT2D eigenvalue weighted by Crippen LogP contribution is -2.13. The highest BCUT2D eigenvalue weighted by molar-refractivity contribution is 5.03. The molecule has 78 valence electrons. The standard InChI is InChI=1S/C10H17N3O/c1-8(14-2)7-10-12-6-4-9(13-10)3-5-11/h4,6,8H,3,5,7,11H2,1-2H3. The summed E-state index contributed by atoms with van der Waals surface area (Å²) in [5.41, 5.74) is 6.45. The van der Waals surface area contributed by atoms with E-state index in [4.69, 9.17) is 10.5 Å². The van der Waals surface area contributed by atoms with Crippen molar-refractivity contribution in [1.29, 1.82) is 0 Å². The van der Waals surface area contributed by atoms with E-state index in [1.165, 1.54) is 0 Å². The number of nitrogens with zero attached hydrogens (tertiary/aromatic N) is 2. The summed E-state index contributed by atoms with van der Waals surface area (Å²) in [4.78, 5) is 8.56. The zero-order valence-electron chi connectivity index (χ0n) is 8.73. The molecule has 0 fully saturated rings. The van der Waals surface area contributed by atoms with Crippen LogP contribution < -0.4 is 5.73 Å². The summed E-state index contributed by atoms with van der Waals surface area (Å²) >= 11 is 0. The molecule has 0 aliphatic rings. The SMILES string of the molecule is COC(C)Cc1nccc(CCN)n1. The molecule has 14 heavy (non-hydrogen) atoms. The van der Waals surface area contributed by atoms with E-state index >= 15 is 0 Å². The number of nitrogens with two attached hydrogens (primary N) is 1. The molecule has 1 heterocycles. The van der Waals surface area contributed by atoms with Gasteiger partial charge in [-0.1, -0.05) is 0 Å². The second-order valence-electron chi connectivity index (χ2n) is 3.25. The van der Waals surface area contributed by atoms with Gasteiger partial charge in [0, 0.05) is 31.8 Å². The Morgan fingerprint density at radius 3 is 3.00 bits per heavy atom. The van der Waals surface area contributed by atoms with E-state index in [2.05, 4.69) is 9.97 Å². The van der Waals surface area contributed by atoms with E-state index in [-0.39, 0.29) is 6.10 Å². The van der Waals surface area contributed by atoms with Crippen molar-refractivity contribution in [3.8, 4) is 0 Å². The summed E-state index contributed by atoms with van der Waals surface area (Å²) in [6.07, 6.45) is 3.48. The second kappa shape index (κ2) is 5.67. The van der Waals surface area contributed by atoms with Crippen LogP contribution in [-0.4, -0.2) is 29.7 Å². The first kappa shape index (κ1) is 11.1. The van der Waals surface area contributed by atoms with Crippen LogP contribution in [0.15, 0.2) is 12.3 Å². The number of hydrogen-bond acceptors (Lipinski definition) is 4. The fraction of sp³-hybridized carbons (Fsp3) is 0.600. The molecule has 1 atom stereocenters. The molecule has 1 aromatic rings. The van der Waals surface area contributed by atoms with E-state index in [0.29, 0.717) is 6.54 Å². The summed E-state index contributed by atoms with van der Waals surface area (Å²) in [6.45, 7) is 2.62. The van der Waals surface area contributed by atoms with Gasteiger partial charge in [0.2, 0.25) is 0 Å². The molecular weight excluding hydrogens is 178 g/mol. The molecule has 0 spiro atoms. The molecule has 2 N–H and O–H groups in total. The van der Waals surface area contributed by atoms with Gasteiger partial charge in [-0.15, -0.1) is 0 Å². The quantitative estimate of drug-likeness (QED) is 0.745. The Hall–Kier alpha value is -1.00. The zero-order valence-corrected chi connectivity index (χ0v) is 8.73. The third kappa shape index (κ3) is 3.40. The Balaban J connectivity index is 2.63. The Labute approximate surface area is 84.5 Å². The summed E-state index contributed by atoms with van der Waals surface area (Å²) in [5, 5.41) is 0. The lowest BCUT2D eigenvalue weighted by molar-refractivity contribution is 0.117. The third-order valence-corrected chi connectivity index (χ3v) is 2.04. The largest absolute Gasteiger partial charge is 0.381 e. The van der Waals surface area contributed by atoms with Crippen molar-refractivity contribution in [2.24, 2.45) is 5.73 Å². The number of rotatable bonds is 5. The van der Waals surface area contributed by atoms with Crippen LogP contribution in [0, 0.1) is 0 Å². The first-order chi connectivity index (χ1) is 6.76. The molecule has 0 bridgehead atoms. The Morgan fingerprint density at radius 1 is 1.57 bits per heavy atom. The minimum Gasteiger partial charge on any atom is -0.381 e. The van der Waals surface area contributed by atoms with Gasteiger partial charge in [0.05, 0.1) is 6.10 Å². The monoisotopic (exact) mass is 195 g/mol.